The van der Waals surface area contributed by atoms with Gasteiger partial charge in [0.2, 0.25) is 11.7 Å². The number of carbonyl (C=O) groups excluding carboxylic acids is 1. The predicted octanol–water partition coefficient (Wildman–Crippen LogP) is 1.79. The van der Waals surface area contributed by atoms with E-state index in [1.54, 1.807) is 25.1 Å². The molecule has 0 fully saturated rings. The summed E-state index contributed by atoms with van der Waals surface area (Å²) >= 11 is 0. The average molecular weight is 289 g/mol. The standard InChI is InChI=1S/C15H19N3O3/c1-9(8-19)10(2)16-15(20)13-6-4-5-12(7-13)14-17-11(3)21-18-14/h4-7,9-10,19H,8H2,1-3H3,(H,16,20)/t9-,10-/m0/s1. The SMILES string of the molecule is Cc1nc(-c2cccc(C(=O)N[C@@H](C)[C@@H](C)CO)c2)no1. The maximum Gasteiger partial charge on any atom is 0.251 e. The molecule has 0 aliphatic carbocycles. The Morgan fingerprint density at radius 3 is 2.81 bits per heavy atom. The molecular formula is C15H19N3O3. The van der Waals surface area contributed by atoms with Gasteiger partial charge in [-0.3, -0.25) is 4.79 Å². The van der Waals surface area contributed by atoms with Crippen LogP contribution in [0.1, 0.15) is 30.1 Å². The summed E-state index contributed by atoms with van der Waals surface area (Å²) in [6, 6.07) is 6.92. The van der Waals surface area contributed by atoms with Crippen LogP contribution in [-0.4, -0.2) is 33.8 Å². The minimum absolute atomic E-state index is 0.00279. The lowest BCUT2D eigenvalue weighted by Gasteiger charge is -2.19. The van der Waals surface area contributed by atoms with Gasteiger partial charge in [0, 0.05) is 30.7 Å². The average Bonchev–Trinajstić information content (AvgIpc) is 2.93. The molecule has 6 nitrogen and oxygen atoms in total. The van der Waals surface area contributed by atoms with Crippen LogP contribution in [0.15, 0.2) is 28.8 Å². The second-order valence-corrected chi connectivity index (χ2v) is 5.14. The summed E-state index contributed by atoms with van der Waals surface area (Å²) in [6.07, 6.45) is 0. The highest BCUT2D eigenvalue weighted by atomic mass is 16.5. The molecule has 21 heavy (non-hydrogen) atoms. The van der Waals surface area contributed by atoms with Gasteiger partial charge in [-0.15, -0.1) is 0 Å². The fourth-order valence-corrected chi connectivity index (χ4v) is 1.81. The highest BCUT2D eigenvalue weighted by Gasteiger charge is 2.16. The van der Waals surface area contributed by atoms with Gasteiger partial charge in [0.1, 0.15) is 0 Å². The molecular weight excluding hydrogens is 270 g/mol. The number of nitrogens with one attached hydrogen (secondary N) is 1. The van der Waals surface area contributed by atoms with Crippen molar-refractivity contribution in [2.75, 3.05) is 6.61 Å². The number of amides is 1. The summed E-state index contributed by atoms with van der Waals surface area (Å²) in [7, 11) is 0. The molecule has 1 aromatic carbocycles. The van der Waals surface area contributed by atoms with Gasteiger partial charge in [0.25, 0.3) is 5.91 Å². The van der Waals surface area contributed by atoms with Crippen LogP contribution in [0, 0.1) is 12.8 Å². The lowest BCUT2D eigenvalue weighted by atomic mass is 10.0. The summed E-state index contributed by atoms with van der Waals surface area (Å²) in [5.74, 6) is 0.742. The quantitative estimate of drug-likeness (QED) is 0.876. The van der Waals surface area contributed by atoms with E-state index in [0.29, 0.717) is 17.3 Å². The third-order valence-corrected chi connectivity index (χ3v) is 3.41. The number of aliphatic hydroxyl groups excluding tert-OH is 1. The molecule has 1 heterocycles. The minimum Gasteiger partial charge on any atom is -0.396 e. The maximum absolute atomic E-state index is 12.2. The summed E-state index contributed by atoms with van der Waals surface area (Å²) in [4.78, 5) is 16.3. The summed E-state index contributed by atoms with van der Waals surface area (Å²) in [5, 5.41) is 15.8. The summed E-state index contributed by atoms with van der Waals surface area (Å²) < 4.78 is 4.94. The van der Waals surface area contributed by atoms with E-state index in [9.17, 15) is 4.79 Å². The molecule has 0 spiro atoms. The van der Waals surface area contributed by atoms with E-state index < -0.39 is 0 Å². The smallest absolute Gasteiger partial charge is 0.251 e. The van der Waals surface area contributed by atoms with Crippen LogP contribution in [-0.2, 0) is 0 Å². The van der Waals surface area contributed by atoms with Gasteiger partial charge in [-0.2, -0.15) is 4.98 Å². The van der Waals surface area contributed by atoms with Crippen molar-refractivity contribution >= 4 is 5.91 Å². The predicted molar refractivity (Wildman–Crippen MR) is 77.6 cm³/mol. The third-order valence-electron chi connectivity index (χ3n) is 3.41. The van der Waals surface area contributed by atoms with Crippen molar-refractivity contribution in [1.82, 2.24) is 15.5 Å². The Morgan fingerprint density at radius 2 is 2.19 bits per heavy atom. The summed E-state index contributed by atoms with van der Waals surface area (Å²) in [5.41, 5.74) is 1.24. The van der Waals surface area contributed by atoms with Crippen molar-refractivity contribution in [2.45, 2.75) is 26.8 Å². The van der Waals surface area contributed by atoms with Gasteiger partial charge in [-0.25, -0.2) is 0 Å². The van der Waals surface area contributed by atoms with E-state index in [1.165, 1.54) is 0 Å². The van der Waals surface area contributed by atoms with Gasteiger partial charge >= 0.3 is 0 Å². The molecule has 2 aromatic rings. The zero-order valence-electron chi connectivity index (χ0n) is 12.3. The second kappa shape index (κ2) is 6.49. The normalized spacial score (nSPS) is 13.7. The third kappa shape index (κ3) is 3.66. The van der Waals surface area contributed by atoms with Crippen molar-refractivity contribution in [3.63, 3.8) is 0 Å². The number of aromatic nitrogens is 2. The molecule has 6 heteroatoms. The molecule has 2 rings (SSSR count). The van der Waals surface area contributed by atoms with Crippen LogP contribution < -0.4 is 5.32 Å². The number of rotatable bonds is 5. The largest absolute Gasteiger partial charge is 0.396 e. The molecule has 1 amide bonds. The van der Waals surface area contributed by atoms with Crippen LogP contribution >= 0.6 is 0 Å². The Kier molecular flexibility index (Phi) is 4.70. The van der Waals surface area contributed by atoms with E-state index >= 15 is 0 Å². The lowest BCUT2D eigenvalue weighted by molar-refractivity contribution is 0.0916. The highest BCUT2D eigenvalue weighted by molar-refractivity contribution is 5.95. The van der Waals surface area contributed by atoms with Crippen LogP contribution in [0.4, 0.5) is 0 Å². The minimum atomic E-state index is -0.190. The number of hydrogen-bond donors (Lipinski definition) is 2. The van der Waals surface area contributed by atoms with Crippen LogP contribution in [0.25, 0.3) is 11.4 Å². The Morgan fingerprint density at radius 1 is 1.43 bits per heavy atom. The second-order valence-electron chi connectivity index (χ2n) is 5.14. The molecule has 2 N–H and O–H groups in total. The van der Waals surface area contributed by atoms with Gasteiger partial charge < -0.3 is 14.9 Å². The van der Waals surface area contributed by atoms with E-state index in [4.69, 9.17) is 9.63 Å². The van der Waals surface area contributed by atoms with E-state index in [2.05, 4.69) is 15.5 Å². The first-order valence-corrected chi connectivity index (χ1v) is 6.83. The fraction of sp³-hybridized carbons (Fsp3) is 0.400. The van der Waals surface area contributed by atoms with Crippen molar-refractivity contribution in [3.8, 4) is 11.4 Å². The molecule has 0 bridgehead atoms. The van der Waals surface area contributed by atoms with E-state index in [1.807, 2.05) is 19.9 Å². The molecule has 112 valence electrons. The first-order valence-electron chi connectivity index (χ1n) is 6.83. The first-order chi connectivity index (χ1) is 10.0. The van der Waals surface area contributed by atoms with E-state index in [-0.39, 0.29) is 24.5 Å². The topological polar surface area (TPSA) is 88.2 Å². The maximum atomic E-state index is 12.2. The number of benzene rings is 1. The lowest BCUT2D eigenvalue weighted by Crippen LogP contribution is -2.38. The molecule has 0 unspecified atom stereocenters. The van der Waals surface area contributed by atoms with Crippen molar-refractivity contribution in [3.05, 3.63) is 35.7 Å². The van der Waals surface area contributed by atoms with Crippen molar-refractivity contribution in [2.24, 2.45) is 5.92 Å². The number of aryl methyl sites for hydroxylation is 1. The van der Waals surface area contributed by atoms with Crippen LogP contribution in [0.5, 0.6) is 0 Å². The number of carbonyl (C=O) groups is 1. The molecule has 0 aliphatic rings. The molecule has 0 radical (unpaired) electrons. The number of aliphatic hydroxyl groups is 1. The van der Waals surface area contributed by atoms with E-state index in [0.717, 1.165) is 5.56 Å². The van der Waals surface area contributed by atoms with Gasteiger partial charge in [0.15, 0.2) is 0 Å². The zero-order valence-corrected chi connectivity index (χ0v) is 12.3. The first kappa shape index (κ1) is 15.2. The molecule has 1 aromatic heterocycles. The van der Waals surface area contributed by atoms with Crippen molar-refractivity contribution in [1.29, 1.82) is 0 Å². The Bertz CT molecular complexity index is 624. The Balaban J connectivity index is 2.15. The molecule has 0 aliphatic heterocycles. The molecule has 0 saturated carbocycles. The fourth-order valence-electron chi connectivity index (χ4n) is 1.81. The summed E-state index contributed by atoms with van der Waals surface area (Å²) in [6.45, 7) is 5.49. The number of nitrogens with zero attached hydrogens (tertiary/aromatic N) is 2. The Labute approximate surface area is 123 Å². The van der Waals surface area contributed by atoms with Crippen LogP contribution in [0.2, 0.25) is 0 Å². The van der Waals surface area contributed by atoms with Crippen LogP contribution in [0.3, 0.4) is 0 Å². The number of hydrogen-bond acceptors (Lipinski definition) is 5. The zero-order chi connectivity index (χ0) is 15.4. The molecule has 0 saturated heterocycles. The van der Waals surface area contributed by atoms with Gasteiger partial charge in [0.05, 0.1) is 0 Å². The van der Waals surface area contributed by atoms with Crippen molar-refractivity contribution < 1.29 is 14.4 Å². The molecule has 2 atom stereocenters. The monoisotopic (exact) mass is 289 g/mol. The van der Waals surface area contributed by atoms with Gasteiger partial charge in [-0.05, 0) is 25.0 Å². The highest BCUT2D eigenvalue weighted by Crippen LogP contribution is 2.17. The Hall–Kier alpha value is -2.21. The van der Waals surface area contributed by atoms with Gasteiger partial charge in [-0.1, -0.05) is 24.2 Å².